The van der Waals surface area contributed by atoms with Crippen LogP contribution in [-0.4, -0.2) is 24.8 Å². The summed E-state index contributed by atoms with van der Waals surface area (Å²) in [7, 11) is 1.58. The van der Waals surface area contributed by atoms with Crippen molar-refractivity contribution in [3.05, 3.63) is 87.8 Å². The number of ether oxygens (including phenoxy) is 3. The Labute approximate surface area is 207 Å². The zero-order chi connectivity index (χ0) is 23.9. The van der Waals surface area contributed by atoms with Crippen LogP contribution in [0, 0.1) is 0 Å². The summed E-state index contributed by atoms with van der Waals surface area (Å²) in [5.74, 6) is 1.73. The van der Waals surface area contributed by atoms with E-state index in [4.69, 9.17) is 25.8 Å². The Morgan fingerprint density at radius 1 is 1.03 bits per heavy atom. The van der Waals surface area contributed by atoms with Crippen molar-refractivity contribution in [2.24, 2.45) is 4.99 Å². The molecular weight excluding hydrogens is 472 g/mol. The standard InChI is InChI=1S/C26H23ClN2O4S/c1-3-32-20-11-9-19(10-12-20)28-26-29-25(30)24(34-26)15-17-8-13-22(23(14-17)31-2)33-16-18-6-4-5-7-21(18)27/h4-15H,3,16H2,1-2H3,(H,28,29,30). The molecule has 0 aromatic heterocycles. The number of benzene rings is 3. The summed E-state index contributed by atoms with van der Waals surface area (Å²) in [6.07, 6.45) is 1.79. The number of methoxy groups -OCH3 is 1. The number of nitrogens with one attached hydrogen (secondary N) is 1. The van der Waals surface area contributed by atoms with Crippen LogP contribution in [0.25, 0.3) is 6.08 Å². The molecule has 1 amide bonds. The molecule has 8 heteroatoms. The van der Waals surface area contributed by atoms with Gasteiger partial charge in [-0.1, -0.05) is 35.9 Å². The lowest BCUT2D eigenvalue weighted by Crippen LogP contribution is -2.19. The zero-order valence-corrected chi connectivity index (χ0v) is 20.3. The van der Waals surface area contributed by atoms with Gasteiger partial charge in [-0.3, -0.25) is 4.79 Å². The van der Waals surface area contributed by atoms with Crippen molar-refractivity contribution < 1.29 is 19.0 Å². The minimum absolute atomic E-state index is 0.201. The van der Waals surface area contributed by atoms with E-state index in [1.807, 2.05) is 73.7 Å². The summed E-state index contributed by atoms with van der Waals surface area (Å²) in [6.45, 7) is 2.86. The average Bonchev–Trinajstić information content (AvgIpc) is 3.18. The minimum atomic E-state index is -0.201. The minimum Gasteiger partial charge on any atom is -0.494 e. The second-order valence-electron chi connectivity index (χ2n) is 7.20. The Morgan fingerprint density at radius 2 is 1.82 bits per heavy atom. The Balaban J connectivity index is 1.46. The van der Waals surface area contributed by atoms with E-state index in [1.165, 1.54) is 11.8 Å². The Hall–Kier alpha value is -3.42. The van der Waals surface area contributed by atoms with E-state index in [-0.39, 0.29) is 5.91 Å². The van der Waals surface area contributed by atoms with Crippen LogP contribution in [0.5, 0.6) is 17.2 Å². The molecule has 1 N–H and O–H groups in total. The van der Waals surface area contributed by atoms with Crippen molar-refractivity contribution in [1.82, 2.24) is 5.32 Å². The highest BCUT2D eigenvalue weighted by Crippen LogP contribution is 2.33. The molecule has 0 unspecified atom stereocenters. The summed E-state index contributed by atoms with van der Waals surface area (Å²) in [5.41, 5.74) is 2.42. The maximum Gasteiger partial charge on any atom is 0.264 e. The van der Waals surface area contributed by atoms with Crippen molar-refractivity contribution in [2.45, 2.75) is 13.5 Å². The SMILES string of the molecule is CCOc1ccc(N=C2NC(=O)C(=Cc3ccc(OCc4ccccc4Cl)c(OC)c3)S2)cc1. The van der Waals surface area contributed by atoms with Gasteiger partial charge < -0.3 is 19.5 Å². The smallest absolute Gasteiger partial charge is 0.264 e. The number of carbonyl (C=O) groups excluding carboxylic acids is 1. The first kappa shape index (κ1) is 23.7. The van der Waals surface area contributed by atoms with E-state index >= 15 is 0 Å². The molecule has 0 aliphatic carbocycles. The quantitative estimate of drug-likeness (QED) is 0.376. The molecule has 1 saturated heterocycles. The molecule has 0 spiro atoms. The summed E-state index contributed by atoms with van der Waals surface area (Å²) < 4.78 is 16.8. The molecule has 0 atom stereocenters. The number of rotatable bonds is 8. The van der Waals surface area contributed by atoms with Crippen molar-refractivity contribution >= 4 is 46.2 Å². The number of hydrogen-bond donors (Lipinski definition) is 1. The van der Waals surface area contributed by atoms with Crippen molar-refractivity contribution in [1.29, 1.82) is 0 Å². The molecule has 0 saturated carbocycles. The lowest BCUT2D eigenvalue weighted by Gasteiger charge is -2.12. The normalized spacial score (nSPS) is 15.4. The molecule has 6 nitrogen and oxygen atoms in total. The number of thioether (sulfide) groups is 1. The van der Waals surface area contributed by atoms with Crippen LogP contribution in [0.15, 0.2) is 76.6 Å². The van der Waals surface area contributed by atoms with Crippen LogP contribution in [0.1, 0.15) is 18.1 Å². The number of amides is 1. The van der Waals surface area contributed by atoms with Gasteiger partial charge in [0, 0.05) is 10.6 Å². The van der Waals surface area contributed by atoms with Crippen LogP contribution < -0.4 is 19.5 Å². The molecule has 1 fully saturated rings. The monoisotopic (exact) mass is 494 g/mol. The van der Waals surface area contributed by atoms with Crippen LogP contribution in [0.3, 0.4) is 0 Å². The molecule has 34 heavy (non-hydrogen) atoms. The molecule has 3 aromatic carbocycles. The Morgan fingerprint density at radius 3 is 2.56 bits per heavy atom. The van der Waals surface area contributed by atoms with Gasteiger partial charge in [0.1, 0.15) is 12.4 Å². The maximum atomic E-state index is 12.5. The van der Waals surface area contributed by atoms with Crippen LogP contribution in [0.4, 0.5) is 5.69 Å². The second-order valence-corrected chi connectivity index (χ2v) is 8.64. The number of aliphatic imine (C=N–C) groups is 1. The molecule has 1 aliphatic rings. The molecule has 0 radical (unpaired) electrons. The van der Waals surface area contributed by atoms with Gasteiger partial charge in [-0.15, -0.1) is 0 Å². The van der Waals surface area contributed by atoms with Gasteiger partial charge in [0.2, 0.25) is 0 Å². The first-order valence-electron chi connectivity index (χ1n) is 10.6. The fourth-order valence-electron chi connectivity index (χ4n) is 3.20. The molecular formula is C26H23ClN2O4S. The topological polar surface area (TPSA) is 69.2 Å². The summed E-state index contributed by atoms with van der Waals surface area (Å²) in [5, 5.41) is 3.97. The van der Waals surface area contributed by atoms with E-state index in [2.05, 4.69) is 10.3 Å². The predicted molar refractivity (Wildman–Crippen MR) is 137 cm³/mol. The van der Waals surface area contributed by atoms with Gasteiger partial charge in [0.05, 0.1) is 24.3 Å². The molecule has 4 rings (SSSR count). The number of hydrogen-bond acceptors (Lipinski definition) is 6. The van der Waals surface area contributed by atoms with Crippen molar-refractivity contribution in [3.8, 4) is 17.2 Å². The number of carbonyl (C=O) groups is 1. The number of halogens is 1. The highest BCUT2D eigenvalue weighted by atomic mass is 35.5. The van der Waals surface area contributed by atoms with E-state index < -0.39 is 0 Å². The van der Waals surface area contributed by atoms with Gasteiger partial charge >= 0.3 is 0 Å². The lowest BCUT2D eigenvalue weighted by molar-refractivity contribution is -0.115. The summed E-state index contributed by atoms with van der Waals surface area (Å²) in [6, 6.07) is 20.4. The van der Waals surface area contributed by atoms with E-state index in [1.54, 1.807) is 13.2 Å². The van der Waals surface area contributed by atoms with E-state index in [9.17, 15) is 4.79 Å². The van der Waals surface area contributed by atoms with E-state index in [0.717, 1.165) is 22.6 Å². The predicted octanol–water partition coefficient (Wildman–Crippen LogP) is 6.22. The van der Waals surface area contributed by atoms with Crippen LogP contribution >= 0.6 is 23.4 Å². The van der Waals surface area contributed by atoms with Gasteiger partial charge in [0.15, 0.2) is 16.7 Å². The van der Waals surface area contributed by atoms with Gasteiger partial charge in [-0.25, -0.2) is 4.99 Å². The number of nitrogens with zero attached hydrogens (tertiary/aromatic N) is 1. The second kappa shape index (κ2) is 11.1. The van der Waals surface area contributed by atoms with Crippen molar-refractivity contribution in [3.63, 3.8) is 0 Å². The third-order valence-corrected chi connectivity index (χ3v) is 6.13. The largest absolute Gasteiger partial charge is 0.494 e. The van der Waals surface area contributed by atoms with Gasteiger partial charge in [-0.05, 0) is 72.8 Å². The molecule has 0 bridgehead atoms. The fourth-order valence-corrected chi connectivity index (χ4v) is 4.23. The highest BCUT2D eigenvalue weighted by Gasteiger charge is 2.24. The van der Waals surface area contributed by atoms with Crippen LogP contribution in [0.2, 0.25) is 5.02 Å². The first-order valence-corrected chi connectivity index (χ1v) is 11.8. The number of amidine groups is 1. The van der Waals surface area contributed by atoms with Crippen LogP contribution in [-0.2, 0) is 11.4 Å². The third kappa shape index (κ3) is 5.92. The Kier molecular flexibility index (Phi) is 7.77. The van der Waals surface area contributed by atoms with Gasteiger partial charge in [-0.2, -0.15) is 0 Å². The van der Waals surface area contributed by atoms with Crippen molar-refractivity contribution in [2.75, 3.05) is 13.7 Å². The van der Waals surface area contributed by atoms with E-state index in [0.29, 0.717) is 39.8 Å². The Bertz CT molecular complexity index is 1240. The summed E-state index contributed by atoms with van der Waals surface area (Å²) in [4.78, 5) is 17.5. The fraction of sp³-hybridized carbons (Fsp3) is 0.154. The van der Waals surface area contributed by atoms with Gasteiger partial charge in [0.25, 0.3) is 5.91 Å². The third-order valence-electron chi connectivity index (χ3n) is 4.86. The molecule has 1 aliphatic heterocycles. The first-order chi connectivity index (χ1) is 16.6. The zero-order valence-electron chi connectivity index (χ0n) is 18.7. The maximum absolute atomic E-state index is 12.5. The molecule has 1 heterocycles. The average molecular weight is 495 g/mol. The lowest BCUT2D eigenvalue weighted by atomic mass is 10.2. The highest BCUT2D eigenvalue weighted by molar-refractivity contribution is 8.18. The molecule has 174 valence electrons. The summed E-state index contributed by atoms with van der Waals surface area (Å²) >= 11 is 7.49. The molecule has 3 aromatic rings.